The normalized spacial score (nSPS) is 13.9. The third-order valence-electron chi connectivity index (χ3n) is 3.87. The zero-order chi connectivity index (χ0) is 12.9. The molecule has 98 valence electrons. The van der Waals surface area contributed by atoms with Crippen molar-refractivity contribution in [3.8, 4) is 0 Å². The molecule has 1 aromatic heterocycles. The van der Waals surface area contributed by atoms with E-state index in [1.54, 1.807) is 11.1 Å². The van der Waals surface area contributed by atoms with E-state index in [9.17, 15) is 0 Å². The molecule has 1 N–H and O–H groups in total. The predicted molar refractivity (Wildman–Crippen MR) is 79.5 cm³/mol. The van der Waals surface area contributed by atoms with Crippen molar-refractivity contribution in [3.05, 3.63) is 59.4 Å². The molecule has 0 saturated heterocycles. The Morgan fingerprint density at radius 2 is 1.84 bits per heavy atom. The molecule has 0 amide bonds. The first kappa shape index (κ1) is 12.2. The van der Waals surface area contributed by atoms with Gasteiger partial charge in [-0.25, -0.2) is 0 Å². The zero-order valence-electron chi connectivity index (χ0n) is 11.2. The van der Waals surface area contributed by atoms with Gasteiger partial charge in [0.15, 0.2) is 0 Å². The molecule has 2 heteroatoms. The summed E-state index contributed by atoms with van der Waals surface area (Å²) in [5.74, 6) is 0. The highest BCUT2D eigenvalue weighted by molar-refractivity contribution is 5.55. The first-order chi connectivity index (χ1) is 9.43. The SMILES string of the molecule is c1cc2c(c(NCCc3ccncc3)c1)CCCC2. The Kier molecular flexibility index (Phi) is 3.78. The van der Waals surface area contributed by atoms with Gasteiger partial charge >= 0.3 is 0 Å². The average Bonchev–Trinajstić information content (AvgIpc) is 2.49. The van der Waals surface area contributed by atoms with E-state index in [-0.39, 0.29) is 0 Å². The fourth-order valence-electron chi connectivity index (χ4n) is 2.84. The van der Waals surface area contributed by atoms with Crippen LogP contribution < -0.4 is 5.32 Å². The number of fused-ring (bicyclic) bond motifs is 1. The summed E-state index contributed by atoms with van der Waals surface area (Å²) in [6, 6.07) is 10.8. The lowest BCUT2D eigenvalue weighted by Gasteiger charge is -2.20. The van der Waals surface area contributed by atoms with Crippen molar-refractivity contribution in [1.82, 2.24) is 4.98 Å². The van der Waals surface area contributed by atoms with E-state index in [1.807, 2.05) is 12.4 Å². The monoisotopic (exact) mass is 252 g/mol. The van der Waals surface area contributed by atoms with Crippen molar-refractivity contribution in [2.24, 2.45) is 0 Å². The Hall–Kier alpha value is -1.83. The molecule has 0 aliphatic heterocycles. The number of nitrogens with one attached hydrogen (secondary N) is 1. The van der Waals surface area contributed by atoms with Crippen LogP contribution in [0.1, 0.15) is 29.5 Å². The summed E-state index contributed by atoms with van der Waals surface area (Å²) < 4.78 is 0. The number of aromatic nitrogens is 1. The van der Waals surface area contributed by atoms with Gasteiger partial charge in [-0.05, 0) is 67.0 Å². The number of rotatable bonds is 4. The maximum absolute atomic E-state index is 4.05. The molecule has 3 rings (SSSR count). The summed E-state index contributed by atoms with van der Waals surface area (Å²) in [7, 11) is 0. The van der Waals surface area contributed by atoms with Crippen molar-refractivity contribution >= 4 is 5.69 Å². The molecule has 0 unspecified atom stereocenters. The van der Waals surface area contributed by atoms with Gasteiger partial charge in [0.1, 0.15) is 0 Å². The largest absolute Gasteiger partial charge is 0.384 e. The number of pyridine rings is 1. The van der Waals surface area contributed by atoms with Crippen molar-refractivity contribution in [1.29, 1.82) is 0 Å². The molecule has 1 aliphatic rings. The Morgan fingerprint density at radius 3 is 2.74 bits per heavy atom. The molecule has 19 heavy (non-hydrogen) atoms. The lowest BCUT2D eigenvalue weighted by Crippen LogP contribution is -2.10. The lowest BCUT2D eigenvalue weighted by atomic mass is 9.90. The highest BCUT2D eigenvalue weighted by atomic mass is 14.9. The average molecular weight is 252 g/mol. The number of benzene rings is 1. The fourth-order valence-corrected chi connectivity index (χ4v) is 2.84. The van der Waals surface area contributed by atoms with Gasteiger partial charge in [-0.15, -0.1) is 0 Å². The molecule has 2 nitrogen and oxygen atoms in total. The van der Waals surface area contributed by atoms with Gasteiger partial charge in [-0.1, -0.05) is 12.1 Å². The van der Waals surface area contributed by atoms with Gasteiger partial charge in [0.05, 0.1) is 0 Å². The van der Waals surface area contributed by atoms with Crippen LogP contribution in [0.4, 0.5) is 5.69 Å². The van der Waals surface area contributed by atoms with Crippen LogP contribution in [0.5, 0.6) is 0 Å². The maximum atomic E-state index is 4.05. The van der Waals surface area contributed by atoms with Gasteiger partial charge in [0.25, 0.3) is 0 Å². The Bertz CT molecular complexity index is 534. The molecule has 0 saturated carbocycles. The van der Waals surface area contributed by atoms with Crippen LogP contribution in [0.2, 0.25) is 0 Å². The second-order valence-electron chi connectivity index (χ2n) is 5.18. The van der Waals surface area contributed by atoms with Gasteiger partial charge in [0, 0.05) is 24.6 Å². The zero-order valence-corrected chi connectivity index (χ0v) is 11.2. The van der Waals surface area contributed by atoms with Gasteiger partial charge in [0.2, 0.25) is 0 Å². The summed E-state index contributed by atoms with van der Waals surface area (Å²) in [6.45, 7) is 0.987. The van der Waals surface area contributed by atoms with Gasteiger partial charge in [-0.2, -0.15) is 0 Å². The van der Waals surface area contributed by atoms with Crippen LogP contribution in [0.15, 0.2) is 42.7 Å². The number of aryl methyl sites for hydroxylation is 1. The molecule has 1 aliphatic carbocycles. The van der Waals surface area contributed by atoms with Gasteiger partial charge in [-0.3, -0.25) is 4.98 Å². The first-order valence-electron chi connectivity index (χ1n) is 7.17. The van der Waals surface area contributed by atoms with E-state index in [0.29, 0.717) is 0 Å². The van der Waals surface area contributed by atoms with Crippen LogP contribution in [0, 0.1) is 0 Å². The van der Waals surface area contributed by atoms with E-state index in [1.165, 1.54) is 36.9 Å². The van der Waals surface area contributed by atoms with Crippen LogP contribution in [-0.4, -0.2) is 11.5 Å². The summed E-state index contributed by atoms with van der Waals surface area (Å²) in [6.07, 6.45) is 9.91. The summed E-state index contributed by atoms with van der Waals surface area (Å²) >= 11 is 0. The van der Waals surface area contributed by atoms with Gasteiger partial charge < -0.3 is 5.32 Å². The van der Waals surface area contributed by atoms with Crippen molar-refractivity contribution in [2.45, 2.75) is 32.1 Å². The number of hydrogen-bond donors (Lipinski definition) is 1. The molecule has 0 bridgehead atoms. The smallest absolute Gasteiger partial charge is 0.0375 e. The van der Waals surface area contributed by atoms with Crippen molar-refractivity contribution in [3.63, 3.8) is 0 Å². The first-order valence-corrected chi connectivity index (χ1v) is 7.17. The van der Waals surface area contributed by atoms with Crippen LogP contribution >= 0.6 is 0 Å². The molecular formula is C17H20N2. The maximum Gasteiger partial charge on any atom is 0.0375 e. The minimum absolute atomic E-state index is 0.987. The Morgan fingerprint density at radius 1 is 1.00 bits per heavy atom. The third-order valence-corrected chi connectivity index (χ3v) is 3.87. The topological polar surface area (TPSA) is 24.9 Å². The molecule has 0 radical (unpaired) electrons. The van der Waals surface area contributed by atoms with Crippen LogP contribution in [-0.2, 0) is 19.3 Å². The highest BCUT2D eigenvalue weighted by Crippen LogP contribution is 2.27. The van der Waals surface area contributed by atoms with E-state index >= 15 is 0 Å². The van der Waals surface area contributed by atoms with Crippen molar-refractivity contribution < 1.29 is 0 Å². The molecule has 0 spiro atoms. The number of anilines is 1. The Labute approximate surface area is 114 Å². The molecule has 0 fully saturated rings. The van der Waals surface area contributed by atoms with E-state index in [4.69, 9.17) is 0 Å². The molecule has 1 aromatic carbocycles. The fraction of sp³-hybridized carbons (Fsp3) is 0.353. The second-order valence-corrected chi connectivity index (χ2v) is 5.18. The molecule has 0 atom stereocenters. The number of hydrogen-bond acceptors (Lipinski definition) is 2. The minimum Gasteiger partial charge on any atom is -0.384 e. The molecule has 1 heterocycles. The standard InChI is InChI=1S/C17H20N2/c1-2-6-16-15(4-1)5-3-7-17(16)19-13-10-14-8-11-18-12-9-14/h3,5,7-9,11-12,19H,1-2,4,6,10,13H2. The van der Waals surface area contributed by atoms with E-state index < -0.39 is 0 Å². The van der Waals surface area contributed by atoms with E-state index in [2.05, 4.69) is 40.6 Å². The highest BCUT2D eigenvalue weighted by Gasteiger charge is 2.12. The second kappa shape index (κ2) is 5.87. The van der Waals surface area contributed by atoms with Crippen molar-refractivity contribution in [2.75, 3.05) is 11.9 Å². The molecular weight excluding hydrogens is 232 g/mol. The Balaban J connectivity index is 1.64. The molecule has 2 aromatic rings. The minimum atomic E-state index is 0.987. The van der Waals surface area contributed by atoms with Crippen LogP contribution in [0.25, 0.3) is 0 Å². The van der Waals surface area contributed by atoms with Crippen LogP contribution in [0.3, 0.4) is 0 Å². The predicted octanol–water partition coefficient (Wildman–Crippen LogP) is 3.62. The number of nitrogens with zero attached hydrogens (tertiary/aromatic N) is 1. The third kappa shape index (κ3) is 2.95. The summed E-state index contributed by atoms with van der Waals surface area (Å²) in [5.41, 5.74) is 5.77. The quantitative estimate of drug-likeness (QED) is 0.899. The summed E-state index contributed by atoms with van der Waals surface area (Å²) in [5, 5.41) is 3.60. The van der Waals surface area contributed by atoms with E-state index in [0.717, 1.165) is 13.0 Å². The summed E-state index contributed by atoms with van der Waals surface area (Å²) in [4.78, 5) is 4.05. The lowest BCUT2D eigenvalue weighted by molar-refractivity contribution is 0.686.